The topological polar surface area (TPSA) is 67.6 Å². The van der Waals surface area contributed by atoms with Crippen LogP contribution in [0.1, 0.15) is 39.0 Å². The number of nitriles is 1. The molecular weight excluding hydrogens is 302 g/mol. The number of aliphatic hydroxyl groups is 1. The van der Waals surface area contributed by atoms with Crippen LogP contribution >= 0.6 is 0 Å². The molecule has 1 aliphatic rings. The number of likely N-dealkylation sites (N-methyl/N-ethyl adjacent to an activating group) is 1. The number of anilines is 1. The summed E-state index contributed by atoms with van der Waals surface area (Å²) >= 11 is 0. The SMILES string of the molecule is CC(O)CN(CC(=O)N(C)C1(C#N)CCCCC1)c1ccccc1. The number of nitrogens with zero attached hydrogens (tertiary/aromatic N) is 3. The lowest BCUT2D eigenvalue weighted by Crippen LogP contribution is -2.53. The van der Waals surface area contributed by atoms with Crippen molar-refractivity contribution in [1.82, 2.24) is 4.90 Å². The number of amides is 1. The molecule has 1 amide bonds. The summed E-state index contributed by atoms with van der Waals surface area (Å²) in [5.41, 5.74) is 0.220. The van der Waals surface area contributed by atoms with Gasteiger partial charge in [0.15, 0.2) is 0 Å². The van der Waals surface area contributed by atoms with Gasteiger partial charge in [-0.25, -0.2) is 0 Å². The largest absolute Gasteiger partial charge is 0.392 e. The van der Waals surface area contributed by atoms with Crippen molar-refractivity contribution in [3.63, 3.8) is 0 Å². The second kappa shape index (κ2) is 8.16. The van der Waals surface area contributed by atoms with Gasteiger partial charge in [0.2, 0.25) is 5.91 Å². The number of hydrogen-bond donors (Lipinski definition) is 1. The minimum absolute atomic E-state index is 0.0806. The van der Waals surface area contributed by atoms with Crippen LogP contribution in [0.2, 0.25) is 0 Å². The van der Waals surface area contributed by atoms with Gasteiger partial charge in [0, 0.05) is 19.3 Å². The lowest BCUT2D eigenvalue weighted by molar-refractivity contribution is -0.133. The summed E-state index contributed by atoms with van der Waals surface area (Å²) in [5.74, 6) is -0.0806. The van der Waals surface area contributed by atoms with E-state index in [1.807, 2.05) is 35.2 Å². The zero-order chi connectivity index (χ0) is 17.6. The van der Waals surface area contributed by atoms with Crippen molar-refractivity contribution in [3.8, 4) is 6.07 Å². The van der Waals surface area contributed by atoms with E-state index in [4.69, 9.17) is 0 Å². The molecule has 5 heteroatoms. The Morgan fingerprint density at radius 1 is 1.29 bits per heavy atom. The molecule has 1 unspecified atom stereocenters. The van der Waals surface area contributed by atoms with E-state index in [0.717, 1.165) is 37.8 Å². The number of rotatable bonds is 6. The first-order valence-corrected chi connectivity index (χ1v) is 8.64. The van der Waals surface area contributed by atoms with Crippen molar-refractivity contribution in [2.24, 2.45) is 0 Å². The maximum atomic E-state index is 12.8. The Bertz CT molecular complexity index is 574. The maximum Gasteiger partial charge on any atom is 0.243 e. The summed E-state index contributed by atoms with van der Waals surface area (Å²) in [6, 6.07) is 12.0. The van der Waals surface area contributed by atoms with Crippen LogP contribution in [0.25, 0.3) is 0 Å². The highest BCUT2D eigenvalue weighted by Gasteiger charge is 2.39. The highest BCUT2D eigenvalue weighted by molar-refractivity contribution is 5.82. The molecule has 0 bridgehead atoms. The predicted molar refractivity (Wildman–Crippen MR) is 94.5 cm³/mol. The first kappa shape index (κ1) is 18.3. The Labute approximate surface area is 144 Å². The molecule has 1 N–H and O–H groups in total. The average molecular weight is 329 g/mol. The standard InChI is InChI=1S/C19H27N3O2/c1-16(23)13-22(17-9-5-3-6-10-17)14-18(24)21(2)19(15-20)11-7-4-8-12-19/h3,5-6,9-10,16,23H,4,7-8,11-14H2,1-2H3. The first-order valence-electron chi connectivity index (χ1n) is 8.64. The summed E-state index contributed by atoms with van der Waals surface area (Å²) < 4.78 is 0. The molecule has 0 aliphatic heterocycles. The quantitative estimate of drug-likeness (QED) is 0.871. The van der Waals surface area contributed by atoms with E-state index in [1.54, 1.807) is 18.9 Å². The van der Waals surface area contributed by atoms with Crippen LogP contribution in [0.15, 0.2) is 30.3 Å². The number of hydrogen-bond acceptors (Lipinski definition) is 4. The summed E-state index contributed by atoms with van der Waals surface area (Å²) in [7, 11) is 1.74. The summed E-state index contributed by atoms with van der Waals surface area (Å²) in [4.78, 5) is 16.3. The molecule has 1 aliphatic carbocycles. The first-order chi connectivity index (χ1) is 11.5. The maximum absolute atomic E-state index is 12.8. The van der Waals surface area contributed by atoms with Crippen LogP contribution < -0.4 is 4.90 Å². The smallest absolute Gasteiger partial charge is 0.243 e. The Kier molecular flexibility index (Phi) is 6.22. The number of para-hydroxylation sites is 1. The molecule has 1 aromatic carbocycles. The summed E-state index contributed by atoms with van der Waals surface area (Å²) in [6.45, 7) is 2.25. The van der Waals surface area contributed by atoms with Gasteiger partial charge in [0.05, 0.1) is 18.7 Å². The van der Waals surface area contributed by atoms with Crippen molar-refractivity contribution in [2.45, 2.75) is 50.7 Å². The zero-order valence-corrected chi connectivity index (χ0v) is 14.6. The molecule has 0 radical (unpaired) electrons. The van der Waals surface area contributed by atoms with Crippen LogP contribution in [-0.2, 0) is 4.79 Å². The Hall–Kier alpha value is -2.06. The Morgan fingerprint density at radius 2 is 1.92 bits per heavy atom. The number of aliphatic hydroxyl groups excluding tert-OH is 1. The van der Waals surface area contributed by atoms with E-state index in [2.05, 4.69) is 6.07 Å². The third kappa shape index (κ3) is 4.27. The number of carbonyl (C=O) groups is 1. The monoisotopic (exact) mass is 329 g/mol. The van der Waals surface area contributed by atoms with Gasteiger partial charge in [-0.3, -0.25) is 4.79 Å². The van der Waals surface area contributed by atoms with Crippen LogP contribution in [0, 0.1) is 11.3 Å². The Morgan fingerprint density at radius 3 is 2.46 bits per heavy atom. The minimum atomic E-state index is -0.678. The molecule has 2 rings (SSSR count). The van der Waals surface area contributed by atoms with Crippen molar-refractivity contribution in [2.75, 3.05) is 25.0 Å². The molecule has 5 nitrogen and oxygen atoms in total. The molecule has 24 heavy (non-hydrogen) atoms. The fourth-order valence-electron chi connectivity index (χ4n) is 3.39. The second-order valence-electron chi connectivity index (χ2n) is 6.72. The van der Waals surface area contributed by atoms with Gasteiger partial charge in [-0.2, -0.15) is 5.26 Å². The van der Waals surface area contributed by atoms with E-state index in [-0.39, 0.29) is 12.5 Å². The van der Waals surface area contributed by atoms with Gasteiger partial charge in [0.1, 0.15) is 5.54 Å². The van der Waals surface area contributed by atoms with Crippen LogP contribution in [-0.4, -0.2) is 47.7 Å². The number of benzene rings is 1. The highest BCUT2D eigenvalue weighted by Crippen LogP contribution is 2.32. The highest BCUT2D eigenvalue weighted by atomic mass is 16.3. The Balaban J connectivity index is 2.13. The minimum Gasteiger partial charge on any atom is -0.392 e. The lowest BCUT2D eigenvalue weighted by Gasteiger charge is -2.40. The molecule has 0 aromatic heterocycles. The molecule has 0 saturated heterocycles. The molecule has 1 aromatic rings. The van der Waals surface area contributed by atoms with Crippen molar-refractivity contribution in [3.05, 3.63) is 30.3 Å². The molecule has 0 spiro atoms. The third-order valence-corrected chi connectivity index (χ3v) is 4.84. The second-order valence-corrected chi connectivity index (χ2v) is 6.72. The van der Waals surface area contributed by atoms with E-state index in [0.29, 0.717) is 6.54 Å². The van der Waals surface area contributed by atoms with Gasteiger partial charge >= 0.3 is 0 Å². The summed E-state index contributed by atoms with van der Waals surface area (Å²) in [5, 5.41) is 19.4. The van der Waals surface area contributed by atoms with E-state index in [1.165, 1.54) is 0 Å². The van der Waals surface area contributed by atoms with Gasteiger partial charge in [-0.05, 0) is 31.9 Å². The van der Waals surface area contributed by atoms with Crippen LogP contribution in [0.4, 0.5) is 5.69 Å². The molecule has 1 saturated carbocycles. The third-order valence-electron chi connectivity index (χ3n) is 4.84. The van der Waals surface area contributed by atoms with Crippen LogP contribution in [0.3, 0.4) is 0 Å². The molecular formula is C19H27N3O2. The van der Waals surface area contributed by atoms with Crippen molar-refractivity contribution in [1.29, 1.82) is 5.26 Å². The number of carbonyl (C=O) groups excluding carboxylic acids is 1. The van der Waals surface area contributed by atoms with Gasteiger partial charge in [0.25, 0.3) is 0 Å². The van der Waals surface area contributed by atoms with E-state index >= 15 is 0 Å². The fraction of sp³-hybridized carbons (Fsp3) is 0.579. The predicted octanol–water partition coefficient (Wildman–Crippen LogP) is 2.56. The van der Waals surface area contributed by atoms with Gasteiger partial charge in [-0.1, -0.05) is 37.5 Å². The molecule has 130 valence electrons. The zero-order valence-electron chi connectivity index (χ0n) is 14.6. The summed E-state index contributed by atoms with van der Waals surface area (Å²) in [6.07, 6.45) is 4.05. The van der Waals surface area contributed by atoms with Crippen LogP contribution in [0.5, 0.6) is 0 Å². The van der Waals surface area contributed by atoms with Gasteiger partial charge in [-0.15, -0.1) is 0 Å². The van der Waals surface area contributed by atoms with E-state index < -0.39 is 11.6 Å². The average Bonchev–Trinajstić information content (AvgIpc) is 2.61. The molecule has 1 atom stereocenters. The van der Waals surface area contributed by atoms with Crippen molar-refractivity contribution >= 4 is 11.6 Å². The van der Waals surface area contributed by atoms with E-state index in [9.17, 15) is 15.2 Å². The molecule has 1 fully saturated rings. The van der Waals surface area contributed by atoms with Gasteiger partial charge < -0.3 is 14.9 Å². The normalized spacial score (nSPS) is 17.6. The van der Waals surface area contributed by atoms with Crippen molar-refractivity contribution < 1.29 is 9.90 Å². The fourth-order valence-corrected chi connectivity index (χ4v) is 3.39. The lowest BCUT2D eigenvalue weighted by atomic mass is 9.81. The molecule has 0 heterocycles.